The van der Waals surface area contributed by atoms with Crippen LogP contribution in [0.5, 0.6) is 0 Å². The molecule has 1 aromatic rings. The minimum atomic E-state index is -0.483. The number of rotatable bonds is 7. The van der Waals surface area contributed by atoms with Crippen LogP contribution < -0.4 is 5.32 Å². The number of carbonyl (C=O) groups is 2. The summed E-state index contributed by atoms with van der Waals surface area (Å²) in [4.78, 5) is 31.8. The summed E-state index contributed by atoms with van der Waals surface area (Å²) < 4.78 is 7.56. The van der Waals surface area contributed by atoms with E-state index in [4.69, 9.17) is 4.74 Å². The maximum Gasteiger partial charge on any atom is 0.410 e. The molecular weight excluding hydrogens is 406 g/mol. The van der Waals surface area contributed by atoms with Crippen LogP contribution >= 0.6 is 0 Å². The van der Waals surface area contributed by atoms with E-state index in [1.165, 1.54) is 0 Å². The van der Waals surface area contributed by atoms with Gasteiger partial charge in [0, 0.05) is 58.1 Å². The van der Waals surface area contributed by atoms with Gasteiger partial charge in [-0.05, 0) is 65.3 Å². The summed E-state index contributed by atoms with van der Waals surface area (Å²) in [6.45, 7) is 16.5. The van der Waals surface area contributed by atoms with Crippen LogP contribution in [0, 0.1) is 0 Å². The van der Waals surface area contributed by atoms with Gasteiger partial charge in [-0.15, -0.1) is 0 Å². The molecule has 180 valence electrons. The van der Waals surface area contributed by atoms with Crippen molar-refractivity contribution < 1.29 is 14.3 Å². The zero-order valence-electron chi connectivity index (χ0n) is 20.3. The van der Waals surface area contributed by atoms with Gasteiger partial charge in [0.1, 0.15) is 11.3 Å². The number of piperidine rings is 1. The van der Waals surface area contributed by atoms with E-state index >= 15 is 0 Å². The molecule has 8 heteroatoms. The molecule has 1 aromatic heterocycles. The Morgan fingerprint density at radius 1 is 1.06 bits per heavy atom. The molecule has 32 heavy (non-hydrogen) atoms. The molecule has 1 N–H and O–H groups in total. The van der Waals surface area contributed by atoms with Crippen molar-refractivity contribution in [3.63, 3.8) is 0 Å². The molecule has 2 fully saturated rings. The molecule has 2 aliphatic rings. The molecule has 2 saturated heterocycles. The van der Waals surface area contributed by atoms with Crippen LogP contribution in [0.3, 0.4) is 0 Å². The zero-order chi connectivity index (χ0) is 23.1. The Labute approximate surface area is 192 Å². The molecule has 0 aliphatic carbocycles. The van der Waals surface area contributed by atoms with Crippen molar-refractivity contribution >= 4 is 12.0 Å². The summed E-state index contributed by atoms with van der Waals surface area (Å²) in [6, 6.07) is 4.04. The number of nitrogens with zero attached hydrogens (tertiary/aromatic N) is 4. The van der Waals surface area contributed by atoms with Gasteiger partial charge in [0.2, 0.25) is 0 Å². The fourth-order valence-electron chi connectivity index (χ4n) is 4.48. The van der Waals surface area contributed by atoms with Crippen LogP contribution in [0.25, 0.3) is 0 Å². The maximum atomic E-state index is 12.8. The molecule has 2 aliphatic heterocycles. The lowest BCUT2D eigenvalue weighted by Gasteiger charge is -2.34. The van der Waals surface area contributed by atoms with Crippen molar-refractivity contribution in [2.24, 2.45) is 0 Å². The number of hydrogen-bond acceptors (Lipinski definition) is 5. The van der Waals surface area contributed by atoms with E-state index in [0.717, 1.165) is 58.5 Å². The van der Waals surface area contributed by atoms with E-state index in [0.29, 0.717) is 25.3 Å². The van der Waals surface area contributed by atoms with Crippen molar-refractivity contribution in [1.82, 2.24) is 24.6 Å². The molecule has 0 bridgehead atoms. The van der Waals surface area contributed by atoms with Gasteiger partial charge in [-0.1, -0.05) is 6.92 Å². The van der Waals surface area contributed by atoms with Gasteiger partial charge >= 0.3 is 6.09 Å². The number of amides is 2. The number of likely N-dealkylation sites (N-methyl/N-ethyl adjacent to an activating group) is 1. The molecule has 0 radical (unpaired) electrons. The van der Waals surface area contributed by atoms with Crippen LogP contribution in [0.4, 0.5) is 4.79 Å². The lowest BCUT2D eigenvalue weighted by atomic mass is 10.0. The number of likely N-dealkylation sites (tertiary alicyclic amines) is 1. The highest BCUT2D eigenvalue weighted by molar-refractivity contribution is 5.92. The van der Waals surface area contributed by atoms with E-state index in [1.807, 2.05) is 39.1 Å². The SMILES string of the molecule is CCN1CCN(CCCNC(=O)c2cccn2C2CCN(C(=O)OC(C)(C)C)CC2)CC1. The number of hydrogen-bond donors (Lipinski definition) is 1. The molecule has 3 heterocycles. The average molecular weight is 448 g/mol. The molecule has 3 rings (SSSR count). The van der Waals surface area contributed by atoms with Crippen molar-refractivity contribution in [2.75, 3.05) is 58.9 Å². The van der Waals surface area contributed by atoms with Crippen molar-refractivity contribution in [3.8, 4) is 0 Å². The molecule has 0 spiro atoms. The van der Waals surface area contributed by atoms with Gasteiger partial charge in [-0.2, -0.15) is 0 Å². The van der Waals surface area contributed by atoms with Gasteiger partial charge in [-0.3, -0.25) is 4.79 Å². The highest BCUT2D eigenvalue weighted by atomic mass is 16.6. The minimum Gasteiger partial charge on any atom is -0.444 e. The number of ether oxygens (including phenoxy) is 1. The Balaban J connectivity index is 1.41. The number of nitrogens with one attached hydrogen (secondary N) is 1. The Morgan fingerprint density at radius 2 is 1.72 bits per heavy atom. The number of piperazine rings is 1. The molecular formula is C24H41N5O3. The smallest absolute Gasteiger partial charge is 0.410 e. The summed E-state index contributed by atoms with van der Waals surface area (Å²) >= 11 is 0. The third-order valence-electron chi connectivity index (χ3n) is 6.37. The first-order chi connectivity index (χ1) is 15.3. The van der Waals surface area contributed by atoms with E-state index in [1.54, 1.807) is 4.90 Å². The van der Waals surface area contributed by atoms with E-state index in [9.17, 15) is 9.59 Å². The fourth-order valence-corrected chi connectivity index (χ4v) is 4.48. The number of aromatic nitrogens is 1. The summed E-state index contributed by atoms with van der Waals surface area (Å²) in [5.74, 6) is -0.0135. The summed E-state index contributed by atoms with van der Waals surface area (Å²) in [5, 5.41) is 3.10. The maximum absolute atomic E-state index is 12.8. The first kappa shape index (κ1) is 24.6. The van der Waals surface area contributed by atoms with Gasteiger partial charge in [0.15, 0.2) is 0 Å². The molecule has 0 aromatic carbocycles. The first-order valence-corrected chi connectivity index (χ1v) is 12.1. The standard InChI is InChI=1S/C24H41N5O3/c1-5-26-16-18-27(19-17-26)12-7-11-25-22(30)21-8-6-13-29(21)20-9-14-28(15-10-20)23(31)32-24(2,3)4/h6,8,13,20H,5,7,9-12,14-19H2,1-4H3,(H,25,30). The topological polar surface area (TPSA) is 70.0 Å². The van der Waals surface area contributed by atoms with Gasteiger partial charge < -0.3 is 29.3 Å². The molecule has 0 saturated carbocycles. The monoisotopic (exact) mass is 447 g/mol. The summed E-state index contributed by atoms with van der Waals surface area (Å²) in [5.41, 5.74) is 0.223. The van der Waals surface area contributed by atoms with Crippen molar-refractivity contribution in [1.29, 1.82) is 0 Å². The second kappa shape index (κ2) is 11.2. The van der Waals surface area contributed by atoms with Crippen molar-refractivity contribution in [2.45, 2.75) is 58.6 Å². The largest absolute Gasteiger partial charge is 0.444 e. The Hall–Kier alpha value is -2.06. The van der Waals surface area contributed by atoms with Crippen LogP contribution in [0.15, 0.2) is 18.3 Å². The summed E-state index contributed by atoms with van der Waals surface area (Å²) in [7, 11) is 0. The Kier molecular flexibility index (Phi) is 8.59. The lowest BCUT2D eigenvalue weighted by molar-refractivity contribution is 0.0187. The predicted octanol–water partition coefficient (Wildman–Crippen LogP) is 2.82. The number of carbonyl (C=O) groups excluding carboxylic acids is 2. The third-order valence-corrected chi connectivity index (χ3v) is 6.37. The normalized spacial score (nSPS) is 19.2. The highest BCUT2D eigenvalue weighted by Gasteiger charge is 2.28. The van der Waals surface area contributed by atoms with Crippen molar-refractivity contribution in [3.05, 3.63) is 24.0 Å². The second-order valence-corrected chi connectivity index (χ2v) is 9.88. The third kappa shape index (κ3) is 6.97. The molecule has 2 amide bonds. The Morgan fingerprint density at radius 3 is 2.34 bits per heavy atom. The average Bonchev–Trinajstić information content (AvgIpc) is 3.26. The molecule has 0 atom stereocenters. The van der Waals surface area contributed by atoms with E-state index in [2.05, 4.69) is 26.6 Å². The molecule has 0 unspecified atom stereocenters. The fraction of sp³-hybridized carbons (Fsp3) is 0.750. The Bertz CT molecular complexity index is 741. The van der Waals surface area contributed by atoms with Gasteiger partial charge in [0.05, 0.1) is 0 Å². The molecule has 8 nitrogen and oxygen atoms in total. The van der Waals surface area contributed by atoms with Crippen LogP contribution in [0.1, 0.15) is 63.5 Å². The van der Waals surface area contributed by atoms with Crippen LogP contribution in [-0.4, -0.2) is 95.8 Å². The van der Waals surface area contributed by atoms with Crippen LogP contribution in [-0.2, 0) is 4.74 Å². The minimum absolute atomic E-state index is 0.0135. The predicted molar refractivity (Wildman–Crippen MR) is 126 cm³/mol. The second-order valence-electron chi connectivity index (χ2n) is 9.88. The quantitative estimate of drug-likeness (QED) is 0.651. The zero-order valence-corrected chi connectivity index (χ0v) is 20.3. The first-order valence-electron chi connectivity index (χ1n) is 12.1. The van der Waals surface area contributed by atoms with Crippen LogP contribution in [0.2, 0.25) is 0 Å². The van der Waals surface area contributed by atoms with E-state index < -0.39 is 5.60 Å². The van der Waals surface area contributed by atoms with Gasteiger partial charge in [0.25, 0.3) is 5.91 Å². The summed E-state index contributed by atoms with van der Waals surface area (Å²) in [6.07, 6.45) is 4.33. The van der Waals surface area contributed by atoms with E-state index in [-0.39, 0.29) is 18.0 Å². The highest BCUT2D eigenvalue weighted by Crippen LogP contribution is 2.25. The van der Waals surface area contributed by atoms with Gasteiger partial charge in [-0.25, -0.2) is 4.79 Å². The lowest BCUT2D eigenvalue weighted by Crippen LogP contribution is -2.46.